The summed E-state index contributed by atoms with van der Waals surface area (Å²) >= 11 is 0. The highest BCUT2D eigenvalue weighted by atomic mass is 16.5. The number of nitrogens with zero attached hydrogens (tertiary/aromatic N) is 2. The Labute approximate surface area is 224 Å². The van der Waals surface area contributed by atoms with E-state index in [2.05, 4.69) is 41.8 Å². The second kappa shape index (κ2) is 10.7. The molecule has 3 aromatic carbocycles. The van der Waals surface area contributed by atoms with Crippen LogP contribution in [0.3, 0.4) is 0 Å². The molecule has 1 unspecified atom stereocenters. The van der Waals surface area contributed by atoms with Crippen LogP contribution in [0.2, 0.25) is 0 Å². The minimum Gasteiger partial charge on any atom is -0.465 e. The van der Waals surface area contributed by atoms with Gasteiger partial charge < -0.3 is 15.1 Å². The van der Waals surface area contributed by atoms with E-state index in [1.807, 2.05) is 91.7 Å². The van der Waals surface area contributed by atoms with E-state index in [1.54, 1.807) is 0 Å². The van der Waals surface area contributed by atoms with E-state index in [4.69, 9.17) is 4.74 Å². The summed E-state index contributed by atoms with van der Waals surface area (Å²) in [5, 5.41) is 1.95. The zero-order valence-electron chi connectivity index (χ0n) is 22.1. The van der Waals surface area contributed by atoms with Gasteiger partial charge in [-0.3, -0.25) is 4.79 Å². The topological polar surface area (TPSA) is 61.9 Å². The fourth-order valence-electron chi connectivity index (χ4n) is 5.69. The third-order valence-electron chi connectivity index (χ3n) is 7.18. The first-order chi connectivity index (χ1) is 18.5. The standard InChI is InChI=1S/C32H33N3O3/c1-4-38-31(37)29-27-21-20-23(22-34(2)3)30(36)28(27)33-35(29)32(24-14-8-5-9-15-24,25-16-10-6-11-17-25)26-18-12-7-13-19-26/h5-19,22,29,33H,4,20-21H2,1-3H3. The summed E-state index contributed by atoms with van der Waals surface area (Å²) in [5.41, 5.74) is 7.40. The highest BCUT2D eigenvalue weighted by Crippen LogP contribution is 2.47. The Bertz CT molecular complexity index is 1270. The van der Waals surface area contributed by atoms with Gasteiger partial charge in [-0.25, -0.2) is 4.79 Å². The second-order valence-corrected chi connectivity index (χ2v) is 9.79. The van der Waals surface area contributed by atoms with Crippen molar-refractivity contribution in [2.75, 3.05) is 20.7 Å². The van der Waals surface area contributed by atoms with Gasteiger partial charge in [0.1, 0.15) is 5.54 Å². The Morgan fingerprint density at radius 1 is 0.921 bits per heavy atom. The largest absolute Gasteiger partial charge is 0.465 e. The van der Waals surface area contributed by atoms with Crippen molar-refractivity contribution in [2.24, 2.45) is 0 Å². The predicted octanol–water partition coefficient (Wildman–Crippen LogP) is 4.79. The molecule has 2 aliphatic rings. The number of hydrogen-bond donors (Lipinski definition) is 1. The number of benzene rings is 3. The monoisotopic (exact) mass is 507 g/mol. The number of allylic oxidation sites excluding steroid dienone is 1. The van der Waals surface area contributed by atoms with Crippen LogP contribution in [0.25, 0.3) is 0 Å². The van der Waals surface area contributed by atoms with Crippen LogP contribution in [0.1, 0.15) is 36.5 Å². The van der Waals surface area contributed by atoms with E-state index in [1.165, 1.54) is 0 Å². The number of hydrogen-bond acceptors (Lipinski definition) is 6. The van der Waals surface area contributed by atoms with E-state index in [-0.39, 0.29) is 18.4 Å². The number of nitrogens with one attached hydrogen (secondary N) is 1. The van der Waals surface area contributed by atoms with Crippen LogP contribution in [-0.4, -0.2) is 48.4 Å². The number of Topliss-reactive ketones (excluding diaryl/α,β-unsaturated/α-hetero) is 1. The van der Waals surface area contributed by atoms with Crippen LogP contribution < -0.4 is 5.43 Å². The summed E-state index contributed by atoms with van der Waals surface area (Å²) in [6.45, 7) is 2.06. The predicted molar refractivity (Wildman–Crippen MR) is 148 cm³/mol. The van der Waals surface area contributed by atoms with Crippen molar-refractivity contribution in [3.8, 4) is 0 Å². The van der Waals surface area contributed by atoms with E-state index < -0.39 is 11.6 Å². The van der Waals surface area contributed by atoms with Crippen molar-refractivity contribution in [2.45, 2.75) is 31.3 Å². The smallest absolute Gasteiger partial charge is 0.329 e. The quantitative estimate of drug-likeness (QED) is 0.282. The van der Waals surface area contributed by atoms with Crippen molar-refractivity contribution >= 4 is 11.8 Å². The van der Waals surface area contributed by atoms with Gasteiger partial charge in [-0.2, -0.15) is 5.01 Å². The normalized spacial score (nSPS) is 18.8. The Morgan fingerprint density at radius 3 is 1.87 bits per heavy atom. The summed E-state index contributed by atoms with van der Waals surface area (Å²) in [5.74, 6) is -0.454. The van der Waals surface area contributed by atoms with Gasteiger partial charge in [0.15, 0.2) is 6.04 Å². The molecule has 0 bridgehead atoms. The zero-order chi connectivity index (χ0) is 26.7. The van der Waals surface area contributed by atoms with Crippen LogP contribution in [-0.2, 0) is 19.9 Å². The molecule has 6 heteroatoms. The van der Waals surface area contributed by atoms with Crippen LogP contribution in [0.5, 0.6) is 0 Å². The second-order valence-electron chi connectivity index (χ2n) is 9.79. The molecule has 1 aliphatic carbocycles. The summed E-state index contributed by atoms with van der Waals surface area (Å²) < 4.78 is 5.65. The molecule has 3 aromatic rings. The lowest BCUT2D eigenvalue weighted by Crippen LogP contribution is -2.58. The number of hydrazine groups is 1. The van der Waals surface area contributed by atoms with Crippen molar-refractivity contribution < 1.29 is 14.3 Å². The molecule has 1 atom stereocenters. The summed E-state index contributed by atoms with van der Waals surface area (Å²) in [7, 11) is 3.82. The number of rotatable bonds is 7. The summed E-state index contributed by atoms with van der Waals surface area (Å²) in [4.78, 5) is 29.4. The Kier molecular flexibility index (Phi) is 7.16. The van der Waals surface area contributed by atoms with Gasteiger partial charge in [0.25, 0.3) is 0 Å². The third-order valence-corrected chi connectivity index (χ3v) is 7.18. The maximum atomic E-state index is 13.8. The lowest BCUT2D eigenvalue weighted by Gasteiger charge is -2.45. The van der Waals surface area contributed by atoms with Gasteiger partial charge in [0.05, 0.1) is 12.3 Å². The third kappa shape index (κ3) is 4.31. The van der Waals surface area contributed by atoms with E-state index in [0.29, 0.717) is 18.5 Å². The van der Waals surface area contributed by atoms with E-state index >= 15 is 0 Å². The average molecular weight is 508 g/mol. The van der Waals surface area contributed by atoms with Crippen molar-refractivity contribution in [3.63, 3.8) is 0 Å². The molecular weight excluding hydrogens is 474 g/mol. The number of carbonyl (C=O) groups is 2. The molecule has 0 spiro atoms. The van der Waals surface area contributed by atoms with Gasteiger partial charge in [0, 0.05) is 25.9 Å². The maximum Gasteiger partial charge on any atom is 0.329 e. The van der Waals surface area contributed by atoms with Crippen molar-refractivity contribution in [1.82, 2.24) is 15.3 Å². The molecule has 1 heterocycles. The van der Waals surface area contributed by atoms with E-state index in [0.717, 1.165) is 27.8 Å². The number of ketones is 1. The molecular formula is C32H33N3O3. The lowest BCUT2D eigenvalue weighted by molar-refractivity contribution is -0.150. The number of esters is 1. The highest BCUT2D eigenvalue weighted by molar-refractivity contribution is 6.10. The molecule has 0 fully saturated rings. The van der Waals surface area contributed by atoms with Gasteiger partial charge in [-0.05, 0) is 42.0 Å². The minimum absolute atomic E-state index is 0.0835. The number of ether oxygens (including phenoxy) is 1. The molecule has 1 N–H and O–H groups in total. The fourth-order valence-corrected chi connectivity index (χ4v) is 5.69. The van der Waals surface area contributed by atoms with Gasteiger partial charge in [0.2, 0.25) is 5.78 Å². The van der Waals surface area contributed by atoms with Crippen molar-refractivity contribution in [1.29, 1.82) is 0 Å². The van der Waals surface area contributed by atoms with E-state index in [9.17, 15) is 9.59 Å². The first kappa shape index (κ1) is 25.5. The Morgan fingerprint density at radius 2 is 1.42 bits per heavy atom. The minimum atomic E-state index is -0.940. The van der Waals surface area contributed by atoms with Crippen molar-refractivity contribution in [3.05, 3.63) is 131 Å². The van der Waals surface area contributed by atoms with Gasteiger partial charge >= 0.3 is 5.97 Å². The molecule has 5 rings (SSSR count). The molecule has 1 aliphatic heterocycles. The zero-order valence-corrected chi connectivity index (χ0v) is 22.1. The molecule has 0 saturated carbocycles. The molecule has 0 saturated heterocycles. The van der Waals surface area contributed by atoms with Crippen LogP contribution in [0.4, 0.5) is 0 Å². The highest BCUT2D eigenvalue weighted by Gasteiger charge is 2.54. The summed E-state index contributed by atoms with van der Waals surface area (Å²) in [6.07, 6.45) is 3.02. The van der Waals surface area contributed by atoms with Crippen LogP contribution >= 0.6 is 0 Å². The van der Waals surface area contributed by atoms with Crippen LogP contribution in [0.15, 0.2) is 114 Å². The Hall–Kier alpha value is -4.16. The molecule has 194 valence electrons. The lowest BCUT2D eigenvalue weighted by atomic mass is 9.75. The summed E-state index contributed by atoms with van der Waals surface area (Å²) in [6, 6.07) is 29.6. The number of carbonyl (C=O) groups excluding carboxylic acids is 2. The average Bonchev–Trinajstić information content (AvgIpc) is 3.33. The van der Waals surface area contributed by atoms with Gasteiger partial charge in [-0.1, -0.05) is 91.0 Å². The first-order valence-corrected chi connectivity index (χ1v) is 13.0. The molecule has 0 radical (unpaired) electrons. The maximum absolute atomic E-state index is 13.8. The van der Waals surface area contributed by atoms with Gasteiger partial charge in [-0.15, -0.1) is 0 Å². The molecule has 0 aromatic heterocycles. The first-order valence-electron chi connectivity index (χ1n) is 13.0. The van der Waals surface area contributed by atoms with Crippen LogP contribution in [0, 0.1) is 0 Å². The SMILES string of the molecule is CCOC(=O)C1C2=C(NN1C(c1ccccc1)(c1ccccc1)c1ccccc1)C(=O)C(=CN(C)C)CC2. The molecule has 6 nitrogen and oxygen atoms in total. The Balaban J connectivity index is 1.78. The fraction of sp³-hybridized carbons (Fsp3) is 0.250. The molecule has 0 amide bonds. The molecule has 38 heavy (non-hydrogen) atoms.